The van der Waals surface area contributed by atoms with E-state index in [-0.39, 0.29) is 23.8 Å². The fraction of sp³-hybridized carbons (Fsp3) is 0.348. The largest absolute Gasteiger partial charge is 0.467 e. The molecule has 0 atom stereocenters. The van der Waals surface area contributed by atoms with Gasteiger partial charge in [-0.15, -0.1) is 5.10 Å². The normalized spacial score (nSPS) is 11.7. The van der Waals surface area contributed by atoms with E-state index in [4.69, 9.17) is 14.5 Å². The van der Waals surface area contributed by atoms with Crippen molar-refractivity contribution in [1.29, 1.82) is 0 Å². The lowest BCUT2D eigenvalue weighted by Crippen LogP contribution is -2.36. The molecule has 4 rings (SSSR count). The summed E-state index contributed by atoms with van der Waals surface area (Å²) in [5, 5.41) is 8.80. The lowest BCUT2D eigenvalue weighted by molar-refractivity contribution is -0.129. The molecule has 8 nitrogen and oxygen atoms in total. The third kappa shape index (κ3) is 5.16. The lowest BCUT2D eigenvalue weighted by atomic mass is 10.1. The summed E-state index contributed by atoms with van der Waals surface area (Å²) in [6.45, 7) is 6.67. The van der Waals surface area contributed by atoms with Crippen molar-refractivity contribution in [2.24, 2.45) is 0 Å². The number of likely N-dealkylation sites (N-methyl/N-ethyl adjacent to an activating group) is 2. The molecule has 0 unspecified atom stereocenters. The predicted octanol–water partition coefficient (Wildman–Crippen LogP) is 4.50. The van der Waals surface area contributed by atoms with Crippen molar-refractivity contribution in [2.75, 3.05) is 30.9 Å². The van der Waals surface area contributed by atoms with Crippen LogP contribution in [0.2, 0.25) is 0 Å². The number of benzene rings is 1. The number of carbonyl (C=O) groups is 1. The SMILES string of the molecule is CN(Cc1ccco1)C(=O)CN(C)c1nn2c(NC(C)(C)C)c(-c3cccc(F)c3)nc2s1. The Labute approximate surface area is 195 Å². The van der Waals surface area contributed by atoms with Gasteiger partial charge in [-0.05, 0) is 45.0 Å². The standard InChI is InChI=1S/C23H27FN6O2S/c1-23(2,3)26-20-19(15-8-6-9-16(24)12-15)25-21-30(20)27-22(33-21)29(5)14-18(31)28(4)13-17-10-7-11-32-17/h6-12,26H,13-14H2,1-5H3. The van der Waals surface area contributed by atoms with Crippen LogP contribution in [-0.2, 0) is 11.3 Å². The second-order valence-electron chi connectivity index (χ2n) is 8.96. The van der Waals surface area contributed by atoms with Gasteiger partial charge in [0.1, 0.15) is 17.3 Å². The number of nitrogens with zero attached hydrogens (tertiary/aromatic N) is 5. The molecule has 10 heteroatoms. The van der Waals surface area contributed by atoms with Crippen molar-refractivity contribution < 1.29 is 13.6 Å². The highest BCUT2D eigenvalue weighted by Crippen LogP contribution is 2.34. The summed E-state index contributed by atoms with van der Waals surface area (Å²) in [5.74, 6) is 1.02. The Bertz CT molecular complexity index is 1260. The zero-order valence-corrected chi connectivity index (χ0v) is 20.1. The van der Waals surface area contributed by atoms with Gasteiger partial charge in [0.05, 0.1) is 19.4 Å². The number of fused-ring (bicyclic) bond motifs is 1. The van der Waals surface area contributed by atoms with Crippen LogP contribution in [0.1, 0.15) is 26.5 Å². The molecule has 3 heterocycles. The summed E-state index contributed by atoms with van der Waals surface area (Å²) < 4.78 is 20.9. The number of amides is 1. The van der Waals surface area contributed by atoms with E-state index in [0.29, 0.717) is 33.7 Å². The van der Waals surface area contributed by atoms with E-state index >= 15 is 0 Å². The molecule has 0 saturated carbocycles. The smallest absolute Gasteiger partial charge is 0.242 e. The number of nitrogens with one attached hydrogen (secondary N) is 1. The van der Waals surface area contributed by atoms with E-state index < -0.39 is 0 Å². The number of rotatable bonds is 7. The first-order chi connectivity index (χ1) is 15.6. The number of imidazole rings is 1. The Hall–Kier alpha value is -3.40. The number of anilines is 2. The lowest BCUT2D eigenvalue weighted by Gasteiger charge is -2.22. The molecule has 1 aromatic carbocycles. The van der Waals surface area contributed by atoms with Crippen LogP contribution >= 0.6 is 11.3 Å². The van der Waals surface area contributed by atoms with Gasteiger partial charge in [-0.3, -0.25) is 4.79 Å². The van der Waals surface area contributed by atoms with Crippen molar-refractivity contribution >= 4 is 33.2 Å². The molecule has 33 heavy (non-hydrogen) atoms. The summed E-state index contributed by atoms with van der Waals surface area (Å²) in [6, 6.07) is 9.99. The summed E-state index contributed by atoms with van der Waals surface area (Å²) in [7, 11) is 3.56. The predicted molar refractivity (Wildman–Crippen MR) is 128 cm³/mol. The van der Waals surface area contributed by atoms with Gasteiger partial charge in [-0.2, -0.15) is 4.52 Å². The highest BCUT2D eigenvalue weighted by atomic mass is 32.1. The maximum Gasteiger partial charge on any atom is 0.242 e. The topological polar surface area (TPSA) is 78.9 Å². The van der Waals surface area contributed by atoms with E-state index in [1.807, 2.05) is 40.0 Å². The minimum absolute atomic E-state index is 0.0600. The van der Waals surface area contributed by atoms with Crippen LogP contribution in [0.5, 0.6) is 0 Å². The van der Waals surface area contributed by atoms with Crippen LogP contribution in [0.3, 0.4) is 0 Å². The minimum atomic E-state index is -0.323. The number of aromatic nitrogens is 3. The molecule has 3 aromatic heterocycles. The molecule has 1 amide bonds. The minimum Gasteiger partial charge on any atom is -0.467 e. The molecule has 0 radical (unpaired) electrons. The third-order valence-corrected chi connectivity index (χ3v) is 5.90. The maximum absolute atomic E-state index is 13.9. The fourth-order valence-electron chi connectivity index (χ4n) is 3.31. The van der Waals surface area contributed by atoms with Crippen molar-refractivity contribution in [2.45, 2.75) is 32.9 Å². The first kappa shape index (κ1) is 22.8. The van der Waals surface area contributed by atoms with E-state index in [1.165, 1.54) is 23.5 Å². The van der Waals surface area contributed by atoms with Gasteiger partial charge >= 0.3 is 0 Å². The molecule has 0 bridgehead atoms. The first-order valence-electron chi connectivity index (χ1n) is 10.5. The second kappa shape index (κ2) is 8.86. The molecule has 174 valence electrons. The molecule has 0 aliphatic carbocycles. The Morgan fingerprint density at radius 3 is 2.70 bits per heavy atom. The fourth-order valence-corrected chi connectivity index (χ4v) is 4.17. The molecule has 0 saturated heterocycles. The molecule has 1 N–H and O–H groups in total. The van der Waals surface area contributed by atoms with Gasteiger partial charge in [-0.25, -0.2) is 9.37 Å². The molecule has 0 aliphatic rings. The summed E-state index contributed by atoms with van der Waals surface area (Å²) in [6.07, 6.45) is 1.59. The van der Waals surface area contributed by atoms with Crippen molar-refractivity contribution in [1.82, 2.24) is 19.5 Å². The Balaban J connectivity index is 1.60. The number of hydrogen-bond acceptors (Lipinski definition) is 7. The van der Waals surface area contributed by atoms with Gasteiger partial charge < -0.3 is 19.5 Å². The van der Waals surface area contributed by atoms with Crippen LogP contribution in [0.25, 0.3) is 16.2 Å². The van der Waals surface area contributed by atoms with E-state index in [0.717, 1.165) is 5.76 Å². The van der Waals surface area contributed by atoms with Crippen LogP contribution in [-0.4, -0.2) is 51.6 Å². The number of halogens is 1. The van der Waals surface area contributed by atoms with E-state index in [1.54, 1.807) is 39.8 Å². The molecular weight excluding hydrogens is 443 g/mol. The summed E-state index contributed by atoms with van der Waals surface area (Å²) >= 11 is 1.37. The Morgan fingerprint density at radius 1 is 1.24 bits per heavy atom. The molecular formula is C23H27FN6O2S. The Kier molecular flexibility index (Phi) is 6.11. The van der Waals surface area contributed by atoms with Crippen LogP contribution in [0, 0.1) is 5.82 Å². The van der Waals surface area contributed by atoms with Gasteiger partial charge in [0.2, 0.25) is 16.0 Å². The molecule has 0 fully saturated rings. The van der Waals surface area contributed by atoms with E-state index in [2.05, 4.69) is 5.32 Å². The molecule has 0 spiro atoms. The molecule has 4 aromatic rings. The summed E-state index contributed by atoms with van der Waals surface area (Å²) in [5.41, 5.74) is 1.04. The van der Waals surface area contributed by atoms with Gasteiger partial charge in [0.25, 0.3) is 0 Å². The molecule has 0 aliphatic heterocycles. The average molecular weight is 471 g/mol. The zero-order chi connectivity index (χ0) is 23.8. The third-order valence-electron chi connectivity index (χ3n) is 4.88. The van der Waals surface area contributed by atoms with Crippen molar-refractivity contribution in [3.8, 4) is 11.3 Å². The number of carbonyl (C=O) groups excluding carboxylic acids is 1. The second-order valence-corrected chi connectivity index (χ2v) is 9.89. The zero-order valence-electron chi connectivity index (χ0n) is 19.3. The van der Waals surface area contributed by atoms with Crippen molar-refractivity contribution in [3.05, 3.63) is 54.2 Å². The Morgan fingerprint density at radius 2 is 2.03 bits per heavy atom. The van der Waals surface area contributed by atoms with Gasteiger partial charge in [-0.1, -0.05) is 23.5 Å². The average Bonchev–Trinajstić information content (AvgIpc) is 3.45. The van der Waals surface area contributed by atoms with Crippen LogP contribution in [0.4, 0.5) is 15.3 Å². The van der Waals surface area contributed by atoms with Gasteiger partial charge in [0, 0.05) is 25.2 Å². The summed E-state index contributed by atoms with van der Waals surface area (Å²) in [4.78, 5) is 21.5. The number of furan rings is 1. The van der Waals surface area contributed by atoms with E-state index in [9.17, 15) is 9.18 Å². The highest BCUT2D eigenvalue weighted by Gasteiger charge is 2.24. The monoisotopic (exact) mass is 470 g/mol. The number of hydrogen-bond donors (Lipinski definition) is 1. The van der Waals surface area contributed by atoms with Crippen molar-refractivity contribution in [3.63, 3.8) is 0 Å². The quantitative estimate of drug-likeness (QED) is 0.429. The van der Waals surface area contributed by atoms with Crippen LogP contribution in [0.15, 0.2) is 47.1 Å². The maximum atomic E-state index is 13.9. The highest BCUT2D eigenvalue weighted by molar-refractivity contribution is 7.20. The van der Waals surface area contributed by atoms with Gasteiger partial charge in [0.15, 0.2) is 5.82 Å². The van der Waals surface area contributed by atoms with Crippen LogP contribution < -0.4 is 10.2 Å². The first-order valence-corrected chi connectivity index (χ1v) is 11.3.